The van der Waals surface area contributed by atoms with Crippen LogP contribution in [0.25, 0.3) is 0 Å². The lowest BCUT2D eigenvalue weighted by Gasteiger charge is -2.33. The van der Waals surface area contributed by atoms with Gasteiger partial charge >= 0.3 is 0 Å². The van der Waals surface area contributed by atoms with Gasteiger partial charge in [0.25, 0.3) is 10.0 Å². The first-order valence-corrected chi connectivity index (χ1v) is 14.4. The molecule has 3 rings (SSSR count). The van der Waals surface area contributed by atoms with Gasteiger partial charge in [-0.15, -0.1) is 0 Å². The second kappa shape index (κ2) is 13.1. The van der Waals surface area contributed by atoms with Crippen molar-refractivity contribution in [3.8, 4) is 0 Å². The summed E-state index contributed by atoms with van der Waals surface area (Å²) in [7, 11) is -2.61. The third-order valence-electron chi connectivity index (χ3n) is 6.23. The maximum absolute atomic E-state index is 13.9. The summed E-state index contributed by atoms with van der Waals surface area (Å²) in [5.74, 6) is -0.916. The van der Waals surface area contributed by atoms with Gasteiger partial charge in [0, 0.05) is 23.6 Å². The Morgan fingerprint density at radius 1 is 0.947 bits per heavy atom. The number of carbonyl (C=O) groups is 2. The lowest BCUT2D eigenvalue weighted by molar-refractivity contribution is -0.140. The van der Waals surface area contributed by atoms with Crippen molar-refractivity contribution >= 4 is 50.7 Å². The molecule has 0 saturated carbocycles. The Bertz CT molecular complexity index is 1370. The number of aryl methyl sites for hydroxylation is 1. The molecule has 0 bridgehead atoms. The largest absolute Gasteiger partial charge is 0.357 e. The van der Waals surface area contributed by atoms with Crippen LogP contribution in [0.5, 0.6) is 0 Å². The lowest BCUT2D eigenvalue weighted by atomic mass is 10.1. The van der Waals surface area contributed by atoms with E-state index >= 15 is 0 Å². The third kappa shape index (κ3) is 6.87. The van der Waals surface area contributed by atoms with Crippen molar-refractivity contribution in [2.45, 2.75) is 44.2 Å². The Morgan fingerprint density at radius 3 is 2.16 bits per heavy atom. The van der Waals surface area contributed by atoms with E-state index in [1.54, 1.807) is 55.5 Å². The molecular weight excluding hydrogens is 545 g/mol. The number of anilines is 1. The summed E-state index contributed by atoms with van der Waals surface area (Å²) < 4.78 is 28.6. The maximum atomic E-state index is 13.9. The van der Waals surface area contributed by atoms with E-state index in [-0.39, 0.29) is 17.3 Å². The number of hydrogen-bond donors (Lipinski definition) is 1. The predicted molar refractivity (Wildman–Crippen MR) is 152 cm³/mol. The van der Waals surface area contributed by atoms with Crippen LogP contribution in [0.4, 0.5) is 5.69 Å². The van der Waals surface area contributed by atoms with Crippen molar-refractivity contribution < 1.29 is 18.0 Å². The summed E-state index contributed by atoms with van der Waals surface area (Å²) in [5.41, 5.74) is 1.95. The molecule has 3 aromatic carbocycles. The Balaban J connectivity index is 2.07. The molecule has 10 heteroatoms. The second-order valence-corrected chi connectivity index (χ2v) is 11.3. The standard InChI is InChI=1S/C28H31Cl2N3O4S/c1-4-20-11-15-23(16-12-20)33(38(36,37)24-9-7-6-8-10-24)19-27(34)32(26(5-2)28(35)31-3)18-21-13-14-22(29)17-25(21)30/h6-17,26H,4-5,18-19H2,1-3H3,(H,31,35)/t26-/m1/s1. The fraction of sp³-hybridized carbons (Fsp3) is 0.286. The molecule has 7 nitrogen and oxygen atoms in total. The number of carbonyl (C=O) groups excluding carboxylic acids is 2. The van der Waals surface area contributed by atoms with E-state index in [1.165, 1.54) is 24.1 Å². The van der Waals surface area contributed by atoms with Gasteiger partial charge in [-0.3, -0.25) is 13.9 Å². The van der Waals surface area contributed by atoms with Gasteiger partial charge in [0.15, 0.2) is 0 Å². The number of nitrogens with one attached hydrogen (secondary N) is 1. The second-order valence-electron chi connectivity index (χ2n) is 8.64. The van der Waals surface area contributed by atoms with Crippen LogP contribution in [0.3, 0.4) is 0 Å². The molecule has 0 aliphatic carbocycles. The maximum Gasteiger partial charge on any atom is 0.264 e. The van der Waals surface area contributed by atoms with E-state index in [9.17, 15) is 18.0 Å². The Morgan fingerprint density at radius 2 is 1.61 bits per heavy atom. The molecule has 0 aromatic heterocycles. The zero-order valence-electron chi connectivity index (χ0n) is 21.5. The van der Waals surface area contributed by atoms with E-state index in [0.717, 1.165) is 16.3 Å². The van der Waals surface area contributed by atoms with E-state index in [0.29, 0.717) is 27.7 Å². The number of amides is 2. The minimum atomic E-state index is -4.11. The van der Waals surface area contributed by atoms with Crippen molar-refractivity contribution in [2.24, 2.45) is 0 Å². The van der Waals surface area contributed by atoms with Crippen molar-refractivity contribution in [1.82, 2.24) is 10.2 Å². The van der Waals surface area contributed by atoms with Crippen molar-refractivity contribution in [3.63, 3.8) is 0 Å². The van der Waals surface area contributed by atoms with Gasteiger partial charge in [0.2, 0.25) is 11.8 Å². The Labute approximate surface area is 234 Å². The van der Waals surface area contributed by atoms with Gasteiger partial charge < -0.3 is 10.2 Å². The normalized spacial score (nSPS) is 12.0. The average molecular weight is 577 g/mol. The van der Waals surface area contributed by atoms with Crippen molar-refractivity contribution in [3.05, 3.63) is 94.0 Å². The van der Waals surface area contributed by atoms with E-state index < -0.39 is 28.5 Å². The van der Waals surface area contributed by atoms with Crippen molar-refractivity contribution in [1.29, 1.82) is 0 Å². The number of benzene rings is 3. The highest BCUT2D eigenvalue weighted by molar-refractivity contribution is 7.92. The summed E-state index contributed by atoms with van der Waals surface area (Å²) in [6.45, 7) is 3.27. The summed E-state index contributed by atoms with van der Waals surface area (Å²) in [4.78, 5) is 28.1. The van der Waals surface area contributed by atoms with Crippen LogP contribution in [0.1, 0.15) is 31.4 Å². The van der Waals surface area contributed by atoms with E-state index in [1.807, 2.05) is 19.1 Å². The van der Waals surface area contributed by atoms with Crippen LogP contribution >= 0.6 is 23.2 Å². The topological polar surface area (TPSA) is 86.8 Å². The Hall–Kier alpha value is -3.07. The summed E-state index contributed by atoms with van der Waals surface area (Å²) in [6.07, 6.45) is 1.10. The Kier molecular flexibility index (Phi) is 10.2. The zero-order valence-corrected chi connectivity index (χ0v) is 23.9. The monoisotopic (exact) mass is 575 g/mol. The van der Waals surface area contributed by atoms with Crippen LogP contribution in [0, 0.1) is 0 Å². The van der Waals surface area contributed by atoms with E-state index in [2.05, 4.69) is 5.32 Å². The fourth-order valence-corrected chi connectivity index (χ4v) is 5.97. The molecule has 0 aliphatic rings. The molecule has 1 atom stereocenters. The van der Waals surface area contributed by atoms with Gasteiger partial charge in [0.05, 0.1) is 10.6 Å². The summed E-state index contributed by atoms with van der Waals surface area (Å²) >= 11 is 12.4. The average Bonchev–Trinajstić information content (AvgIpc) is 2.92. The molecule has 38 heavy (non-hydrogen) atoms. The van der Waals surface area contributed by atoms with Crippen molar-refractivity contribution in [2.75, 3.05) is 17.9 Å². The first-order chi connectivity index (χ1) is 18.1. The summed E-state index contributed by atoms with van der Waals surface area (Å²) in [5, 5.41) is 3.37. The molecule has 0 radical (unpaired) electrons. The van der Waals surface area contributed by atoms with Crippen LogP contribution in [0.15, 0.2) is 77.7 Å². The highest BCUT2D eigenvalue weighted by Crippen LogP contribution is 2.27. The predicted octanol–water partition coefficient (Wildman–Crippen LogP) is 5.30. The number of halogens is 2. The SMILES string of the molecule is CCc1ccc(N(CC(=O)N(Cc2ccc(Cl)cc2Cl)[C@H](CC)C(=O)NC)S(=O)(=O)c2ccccc2)cc1. The number of likely N-dealkylation sites (N-methyl/N-ethyl adjacent to an activating group) is 1. The van der Waals surface area contributed by atoms with Gasteiger partial charge in [-0.2, -0.15) is 0 Å². The molecular formula is C28H31Cl2N3O4S. The highest BCUT2D eigenvalue weighted by atomic mass is 35.5. The van der Waals surface area contributed by atoms with E-state index in [4.69, 9.17) is 23.2 Å². The van der Waals surface area contributed by atoms with Gasteiger partial charge in [-0.1, -0.05) is 73.4 Å². The fourth-order valence-electron chi connectivity index (χ4n) is 4.07. The number of hydrogen-bond acceptors (Lipinski definition) is 4. The smallest absolute Gasteiger partial charge is 0.264 e. The van der Waals surface area contributed by atoms with Gasteiger partial charge in [0.1, 0.15) is 12.6 Å². The van der Waals surface area contributed by atoms with Gasteiger partial charge in [-0.05, 0) is 60.4 Å². The van der Waals surface area contributed by atoms with Gasteiger partial charge in [-0.25, -0.2) is 8.42 Å². The summed E-state index contributed by atoms with van der Waals surface area (Å²) in [6, 6.07) is 19.0. The third-order valence-corrected chi connectivity index (χ3v) is 8.61. The first-order valence-electron chi connectivity index (χ1n) is 12.2. The molecule has 0 unspecified atom stereocenters. The molecule has 3 aromatic rings. The highest BCUT2D eigenvalue weighted by Gasteiger charge is 2.33. The number of sulfonamides is 1. The molecule has 0 saturated heterocycles. The number of nitrogens with zero attached hydrogens (tertiary/aromatic N) is 2. The molecule has 2 amide bonds. The molecule has 0 fully saturated rings. The molecule has 0 heterocycles. The lowest BCUT2D eigenvalue weighted by Crippen LogP contribution is -2.51. The van der Waals surface area contributed by atoms with Crippen LogP contribution in [-0.2, 0) is 32.6 Å². The van der Waals surface area contributed by atoms with Crippen LogP contribution < -0.4 is 9.62 Å². The van der Waals surface area contributed by atoms with Crippen LogP contribution in [-0.4, -0.2) is 44.8 Å². The minimum absolute atomic E-state index is 0.00520. The molecule has 202 valence electrons. The quantitative estimate of drug-likeness (QED) is 0.336. The molecule has 0 spiro atoms. The zero-order chi connectivity index (χ0) is 27.9. The first kappa shape index (κ1) is 29.5. The van der Waals surface area contributed by atoms with Crippen LogP contribution in [0.2, 0.25) is 10.0 Å². The number of rotatable bonds is 11. The molecule has 1 N–H and O–H groups in total. The minimum Gasteiger partial charge on any atom is -0.357 e. The molecule has 0 aliphatic heterocycles.